The summed E-state index contributed by atoms with van der Waals surface area (Å²) in [5.41, 5.74) is 2.25. The van der Waals surface area contributed by atoms with E-state index in [1.165, 1.54) is 5.56 Å². The van der Waals surface area contributed by atoms with Crippen LogP contribution in [0, 0.1) is 6.92 Å². The first-order valence-corrected chi connectivity index (χ1v) is 7.79. The van der Waals surface area contributed by atoms with E-state index in [0.29, 0.717) is 6.61 Å². The molecule has 0 aliphatic carbocycles. The monoisotopic (exact) mass is 308 g/mol. The molecule has 7 nitrogen and oxygen atoms in total. The maximum Gasteiger partial charge on any atom is 0.209 e. The highest BCUT2D eigenvalue weighted by Crippen LogP contribution is 2.20. The Balaban J connectivity index is 1.81. The molecule has 0 aliphatic heterocycles. The summed E-state index contributed by atoms with van der Waals surface area (Å²) in [6.45, 7) is 5.14. The predicted molar refractivity (Wildman–Crippen MR) is 81.1 cm³/mol. The number of tetrazole rings is 1. The van der Waals surface area contributed by atoms with Crippen molar-refractivity contribution < 1.29 is 4.74 Å². The molecule has 2 heterocycles. The van der Waals surface area contributed by atoms with Crippen molar-refractivity contribution in [3.63, 3.8) is 0 Å². The third kappa shape index (κ3) is 5.07. The summed E-state index contributed by atoms with van der Waals surface area (Å²) in [4.78, 5) is 4.38. The number of rotatable bonds is 9. The molecule has 0 amide bonds. The lowest BCUT2D eigenvalue weighted by Gasteiger charge is -2.06. The molecule has 2 aromatic heterocycles. The van der Waals surface area contributed by atoms with Gasteiger partial charge in [0.25, 0.3) is 0 Å². The zero-order chi connectivity index (χ0) is 14.9. The van der Waals surface area contributed by atoms with Crippen LogP contribution in [0.25, 0.3) is 0 Å². The fourth-order valence-electron chi connectivity index (χ4n) is 1.73. The Labute approximate surface area is 128 Å². The third-order valence-electron chi connectivity index (χ3n) is 2.94. The Morgan fingerprint density at radius 1 is 1.38 bits per heavy atom. The summed E-state index contributed by atoms with van der Waals surface area (Å²) in [7, 11) is 1.69. The van der Waals surface area contributed by atoms with Crippen molar-refractivity contribution in [2.75, 3.05) is 26.8 Å². The molecule has 8 heteroatoms. The lowest BCUT2D eigenvalue weighted by atomic mass is 10.2. The van der Waals surface area contributed by atoms with E-state index in [2.05, 4.69) is 38.8 Å². The minimum absolute atomic E-state index is 0.705. The molecule has 0 unspecified atom stereocenters. The Morgan fingerprint density at radius 2 is 2.29 bits per heavy atom. The summed E-state index contributed by atoms with van der Waals surface area (Å²) in [6, 6.07) is 4.00. The van der Waals surface area contributed by atoms with Gasteiger partial charge in [-0.25, -0.2) is 4.68 Å². The van der Waals surface area contributed by atoms with E-state index in [0.717, 1.165) is 36.2 Å². The van der Waals surface area contributed by atoms with Gasteiger partial charge in [-0.1, -0.05) is 17.8 Å². The molecule has 0 atom stereocenters. The van der Waals surface area contributed by atoms with Gasteiger partial charge < -0.3 is 10.1 Å². The van der Waals surface area contributed by atoms with E-state index in [9.17, 15) is 0 Å². The van der Waals surface area contributed by atoms with E-state index in [1.54, 1.807) is 18.9 Å². The number of aromatic nitrogens is 5. The quantitative estimate of drug-likeness (QED) is 0.545. The van der Waals surface area contributed by atoms with Crippen molar-refractivity contribution in [2.45, 2.75) is 24.4 Å². The Morgan fingerprint density at radius 3 is 3.10 bits per heavy atom. The molecule has 1 N–H and O–H groups in total. The number of hydrogen-bond acceptors (Lipinski definition) is 7. The SMILES string of the molecule is COCCNCCn1nnnc1SCc1ncccc1C. The van der Waals surface area contributed by atoms with Crippen LogP contribution >= 0.6 is 11.8 Å². The number of pyridine rings is 1. The number of hydrogen-bond donors (Lipinski definition) is 1. The summed E-state index contributed by atoms with van der Waals surface area (Å²) in [5, 5.41) is 15.9. The number of methoxy groups -OCH3 is 1. The summed E-state index contributed by atoms with van der Waals surface area (Å²) < 4.78 is 6.79. The molecule has 0 aromatic carbocycles. The van der Waals surface area contributed by atoms with Crippen molar-refractivity contribution in [2.24, 2.45) is 0 Å². The van der Waals surface area contributed by atoms with Gasteiger partial charge in [0.05, 0.1) is 18.8 Å². The molecule has 0 spiro atoms. The van der Waals surface area contributed by atoms with Crippen molar-refractivity contribution in [1.29, 1.82) is 0 Å². The molecule has 2 aromatic rings. The van der Waals surface area contributed by atoms with Gasteiger partial charge in [0.15, 0.2) is 0 Å². The number of thioether (sulfide) groups is 1. The molecule has 0 bridgehead atoms. The summed E-state index contributed by atoms with van der Waals surface area (Å²) in [6.07, 6.45) is 1.81. The first-order chi connectivity index (χ1) is 10.3. The van der Waals surface area contributed by atoms with Crippen molar-refractivity contribution in [1.82, 2.24) is 30.5 Å². The van der Waals surface area contributed by atoms with Gasteiger partial charge in [-0.3, -0.25) is 4.98 Å². The lowest BCUT2D eigenvalue weighted by Crippen LogP contribution is -2.24. The van der Waals surface area contributed by atoms with Crippen molar-refractivity contribution in [3.8, 4) is 0 Å². The topological polar surface area (TPSA) is 77.8 Å². The zero-order valence-corrected chi connectivity index (χ0v) is 13.1. The fourth-order valence-corrected chi connectivity index (χ4v) is 2.67. The molecular formula is C13H20N6OS. The molecule has 0 fully saturated rings. The van der Waals surface area contributed by atoms with Crippen LogP contribution in [0.2, 0.25) is 0 Å². The predicted octanol–water partition coefficient (Wildman–Crippen LogP) is 0.905. The molecule has 114 valence electrons. The first kappa shape index (κ1) is 15.9. The van der Waals surface area contributed by atoms with Crippen LogP contribution in [0.4, 0.5) is 0 Å². The fraction of sp³-hybridized carbons (Fsp3) is 0.538. The van der Waals surface area contributed by atoms with Gasteiger partial charge in [0, 0.05) is 32.1 Å². The van der Waals surface area contributed by atoms with Gasteiger partial charge >= 0.3 is 0 Å². The van der Waals surface area contributed by atoms with Crippen LogP contribution in [0.1, 0.15) is 11.3 Å². The standard InChI is InChI=1S/C13H20N6OS/c1-11-4-3-5-15-12(11)10-21-13-16-17-18-19(13)8-6-14-7-9-20-2/h3-5,14H,6-10H2,1-2H3. The second kappa shape index (κ2) is 8.71. The van der Waals surface area contributed by atoms with E-state index in [-0.39, 0.29) is 0 Å². The molecule has 0 saturated carbocycles. The number of nitrogens with one attached hydrogen (secondary N) is 1. The Bertz CT molecular complexity index is 547. The maximum atomic E-state index is 4.98. The van der Waals surface area contributed by atoms with Crippen LogP contribution in [0.15, 0.2) is 23.5 Å². The van der Waals surface area contributed by atoms with Gasteiger partial charge in [0.2, 0.25) is 5.16 Å². The van der Waals surface area contributed by atoms with Crippen molar-refractivity contribution >= 4 is 11.8 Å². The van der Waals surface area contributed by atoms with E-state index >= 15 is 0 Å². The van der Waals surface area contributed by atoms with Gasteiger partial charge in [-0.15, -0.1) is 5.10 Å². The lowest BCUT2D eigenvalue weighted by molar-refractivity contribution is 0.199. The van der Waals surface area contributed by atoms with Crippen LogP contribution in [-0.2, 0) is 17.0 Å². The van der Waals surface area contributed by atoms with Crippen molar-refractivity contribution in [3.05, 3.63) is 29.6 Å². The summed E-state index contributed by atoms with van der Waals surface area (Å²) >= 11 is 1.60. The highest BCUT2D eigenvalue weighted by atomic mass is 32.2. The van der Waals surface area contributed by atoms with E-state index in [4.69, 9.17) is 4.74 Å². The number of aryl methyl sites for hydroxylation is 1. The second-order valence-corrected chi connectivity index (χ2v) is 5.43. The minimum atomic E-state index is 0.705. The molecule has 0 saturated heterocycles. The molecular weight excluding hydrogens is 288 g/mol. The molecule has 21 heavy (non-hydrogen) atoms. The van der Waals surface area contributed by atoms with Gasteiger partial charge in [0.1, 0.15) is 0 Å². The Kier molecular flexibility index (Phi) is 6.58. The van der Waals surface area contributed by atoms with Gasteiger partial charge in [-0.05, 0) is 29.0 Å². The van der Waals surface area contributed by atoms with Gasteiger partial charge in [-0.2, -0.15) is 0 Å². The third-order valence-corrected chi connectivity index (χ3v) is 3.91. The second-order valence-electron chi connectivity index (χ2n) is 4.48. The van der Waals surface area contributed by atoms with Crippen LogP contribution < -0.4 is 5.32 Å². The average Bonchev–Trinajstić information content (AvgIpc) is 2.94. The van der Waals surface area contributed by atoms with Crippen LogP contribution in [-0.4, -0.2) is 52.0 Å². The highest BCUT2D eigenvalue weighted by Gasteiger charge is 2.08. The highest BCUT2D eigenvalue weighted by molar-refractivity contribution is 7.98. The zero-order valence-electron chi connectivity index (χ0n) is 12.3. The minimum Gasteiger partial charge on any atom is -0.383 e. The van der Waals surface area contributed by atoms with E-state index in [1.807, 2.05) is 16.9 Å². The molecule has 0 aliphatic rings. The maximum absolute atomic E-state index is 4.98. The number of nitrogens with zero attached hydrogens (tertiary/aromatic N) is 5. The Hall–Kier alpha value is -1.51. The van der Waals surface area contributed by atoms with E-state index < -0.39 is 0 Å². The summed E-state index contributed by atoms with van der Waals surface area (Å²) in [5.74, 6) is 0.768. The largest absolute Gasteiger partial charge is 0.383 e. The van der Waals surface area contributed by atoms with Crippen LogP contribution in [0.5, 0.6) is 0 Å². The van der Waals surface area contributed by atoms with Crippen LogP contribution in [0.3, 0.4) is 0 Å². The number of ether oxygens (including phenoxy) is 1. The smallest absolute Gasteiger partial charge is 0.209 e. The molecule has 0 radical (unpaired) electrons. The first-order valence-electron chi connectivity index (χ1n) is 6.80. The normalized spacial score (nSPS) is 11.0. The molecule has 2 rings (SSSR count). The average molecular weight is 308 g/mol.